The van der Waals surface area contributed by atoms with Gasteiger partial charge in [-0.25, -0.2) is 4.21 Å². The van der Waals surface area contributed by atoms with E-state index in [1.807, 2.05) is 90.1 Å². The van der Waals surface area contributed by atoms with Gasteiger partial charge in [-0.1, -0.05) is 24.3 Å². The molecule has 2 aromatic carbocycles. The smallest absolute Gasteiger partial charge is 0.136 e. The highest BCUT2D eigenvalue weighted by molar-refractivity contribution is 7.85. The van der Waals surface area contributed by atoms with Crippen LogP contribution in [0.3, 0.4) is 0 Å². The first-order valence-corrected chi connectivity index (χ1v) is 9.20. The van der Waals surface area contributed by atoms with Crippen molar-refractivity contribution in [3.8, 4) is 11.5 Å². The van der Waals surface area contributed by atoms with Gasteiger partial charge in [0.2, 0.25) is 0 Å². The molecule has 0 radical (unpaired) electrons. The van der Waals surface area contributed by atoms with Gasteiger partial charge in [0.15, 0.2) is 0 Å². The zero-order valence-electron chi connectivity index (χ0n) is 15.3. The molecule has 3 nitrogen and oxygen atoms in total. The van der Waals surface area contributed by atoms with E-state index >= 15 is 0 Å². The summed E-state index contributed by atoms with van der Waals surface area (Å²) in [6.07, 6.45) is 0. The lowest BCUT2D eigenvalue weighted by molar-refractivity contribution is 0.126. The van der Waals surface area contributed by atoms with Crippen LogP contribution in [0.4, 0.5) is 0 Å². The Morgan fingerprint density at radius 2 is 1.00 bits per heavy atom. The van der Waals surface area contributed by atoms with Gasteiger partial charge in [-0.3, -0.25) is 0 Å². The van der Waals surface area contributed by atoms with Crippen LogP contribution in [-0.4, -0.2) is 15.4 Å². The van der Waals surface area contributed by atoms with Gasteiger partial charge in [0.25, 0.3) is 0 Å². The highest BCUT2D eigenvalue weighted by Gasteiger charge is 2.22. The molecule has 0 amide bonds. The maximum absolute atomic E-state index is 13.2. The third kappa shape index (κ3) is 5.10. The summed E-state index contributed by atoms with van der Waals surface area (Å²) in [7, 11) is -1.39. The van der Waals surface area contributed by atoms with E-state index in [-0.39, 0.29) is 11.2 Å². The van der Waals surface area contributed by atoms with Crippen LogP contribution in [0, 0.1) is 0 Å². The summed E-state index contributed by atoms with van der Waals surface area (Å²) in [5.41, 5.74) is -0.719. The molecule has 2 aromatic rings. The molecule has 0 aromatic heterocycles. The molecule has 0 aliphatic heterocycles. The Hall–Kier alpha value is -1.81. The second kappa shape index (κ2) is 6.98. The zero-order valence-corrected chi connectivity index (χ0v) is 16.1. The summed E-state index contributed by atoms with van der Waals surface area (Å²) in [4.78, 5) is 1.30. The van der Waals surface area contributed by atoms with Crippen molar-refractivity contribution >= 4 is 10.8 Å². The summed E-state index contributed by atoms with van der Waals surface area (Å²) < 4.78 is 25.2. The van der Waals surface area contributed by atoms with Crippen LogP contribution in [0.25, 0.3) is 0 Å². The predicted octanol–water partition coefficient (Wildman–Crippen LogP) is 5.21. The van der Waals surface area contributed by atoms with Crippen LogP contribution < -0.4 is 9.47 Å². The summed E-state index contributed by atoms with van der Waals surface area (Å²) in [6, 6.07) is 14.9. The molecular formula is C20H26O3S. The molecule has 24 heavy (non-hydrogen) atoms. The van der Waals surface area contributed by atoms with Crippen LogP contribution in [0.2, 0.25) is 0 Å². The first-order valence-electron chi connectivity index (χ1n) is 8.05. The minimum atomic E-state index is -1.39. The van der Waals surface area contributed by atoms with Crippen LogP contribution in [0.1, 0.15) is 41.5 Å². The summed E-state index contributed by atoms with van der Waals surface area (Å²) in [5.74, 6) is 1.27. The fraction of sp³-hybridized carbons (Fsp3) is 0.400. The van der Waals surface area contributed by atoms with E-state index in [0.29, 0.717) is 21.3 Å². The molecule has 130 valence electrons. The molecule has 0 aliphatic rings. The van der Waals surface area contributed by atoms with E-state index in [2.05, 4.69) is 0 Å². The molecule has 0 atom stereocenters. The van der Waals surface area contributed by atoms with Crippen molar-refractivity contribution in [1.29, 1.82) is 0 Å². The SMILES string of the molecule is CC(C)(C)Oc1ccccc1S(=O)c1ccccc1OC(C)(C)C. The van der Waals surface area contributed by atoms with Crippen LogP contribution in [0.5, 0.6) is 11.5 Å². The fourth-order valence-electron chi connectivity index (χ4n) is 2.15. The van der Waals surface area contributed by atoms with E-state index < -0.39 is 10.8 Å². The third-order valence-corrected chi connectivity index (χ3v) is 4.40. The summed E-state index contributed by atoms with van der Waals surface area (Å²) in [6.45, 7) is 11.9. The van der Waals surface area contributed by atoms with E-state index in [1.54, 1.807) is 0 Å². The molecule has 0 unspecified atom stereocenters. The van der Waals surface area contributed by atoms with Crippen LogP contribution in [-0.2, 0) is 10.8 Å². The van der Waals surface area contributed by atoms with Gasteiger partial charge in [0.1, 0.15) is 22.7 Å². The fourth-order valence-corrected chi connectivity index (χ4v) is 3.38. The second-order valence-corrected chi connectivity index (χ2v) is 9.01. The van der Waals surface area contributed by atoms with Gasteiger partial charge < -0.3 is 9.47 Å². The molecule has 4 heteroatoms. The van der Waals surface area contributed by atoms with Crippen molar-refractivity contribution < 1.29 is 13.7 Å². The number of hydrogen-bond donors (Lipinski definition) is 0. The molecule has 0 fully saturated rings. The molecule has 0 saturated carbocycles. The molecule has 0 heterocycles. The van der Waals surface area contributed by atoms with Gasteiger partial charge in [0.05, 0.1) is 20.6 Å². The van der Waals surface area contributed by atoms with E-state index in [9.17, 15) is 4.21 Å². The monoisotopic (exact) mass is 346 g/mol. The lowest BCUT2D eigenvalue weighted by Gasteiger charge is -2.24. The Morgan fingerprint density at radius 1 is 0.667 bits per heavy atom. The zero-order chi connectivity index (χ0) is 18.0. The number of para-hydroxylation sites is 2. The van der Waals surface area contributed by atoms with Gasteiger partial charge in [0, 0.05) is 0 Å². The van der Waals surface area contributed by atoms with E-state index in [0.717, 1.165) is 0 Å². The number of ether oxygens (including phenoxy) is 2. The number of hydrogen-bond acceptors (Lipinski definition) is 3. The van der Waals surface area contributed by atoms with Crippen molar-refractivity contribution in [3.05, 3.63) is 48.5 Å². The third-order valence-electron chi connectivity index (χ3n) is 2.93. The van der Waals surface area contributed by atoms with Crippen molar-refractivity contribution in [1.82, 2.24) is 0 Å². The largest absolute Gasteiger partial charge is 0.487 e. The van der Waals surface area contributed by atoms with E-state index in [1.165, 1.54) is 0 Å². The molecule has 0 bridgehead atoms. The van der Waals surface area contributed by atoms with Gasteiger partial charge >= 0.3 is 0 Å². The quantitative estimate of drug-likeness (QED) is 0.762. The first-order chi connectivity index (χ1) is 11.1. The van der Waals surface area contributed by atoms with Crippen LogP contribution >= 0.6 is 0 Å². The highest BCUT2D eigenvalue weighted by atomic mass is 32.2. The van der Waals surface area contributed by atoms with Crippen molar-refractivity contribution in [2.45, 2.75) is 62.5 Å². The Morgan fingerprint density at radius 3 is 1.33 bits per heavy atom. The molecule has 0 N–H and O–H groups in total. The maximum atomic E-state index is 13.2. The Bertz CT molecular complexity index is 663. The van der Waals surface area contributed by atoms with Gasteiger partial charge in [-0.15, -0.1) is 0 Å². The lowest BCUT2D eigenvalue weighted by atomic mass is 10.2. The minimum Gasteiger partial charge on any atom is -0.487 e. The Balaban J connectivity index is 2.44. The lowest BCUT2D eigenvalue weighted by Crippen LogP contribution is -2.24. The summed E-state index contributed by atoms with van der Waals surface area (Å²) >= 11 is 0. The Kier molecular flexibility index (Phi) is 5.38. The maximum Gasteiger partial charge on any atom is 0.136 e. The first kappa shape index (κ1) is 18.5. The highest BCUT2D eigenvalue weighted by Crippen LogP contribution is 2.33. The average Bonchev–Trinajstić information content (AvgIpc) is 2.44. The van der Waals surface area contributed by atoms with E-state index in [4.69, 9.17) is 9.47 Å². The normalized spacial score (nSPS) is 12.3. The van der Waals surface area contributed by atoms with Crippen LogP contribution in [0.15, 0.2) is 58.3 Å². The predicted molar refractivity (Wildman–Crippen MR) is 98.3 cm³/mol. The molecular weight excluding hydrogens is 320 g/mol. The minimum absolute atomic E-state index is 0.359. The number of rotatable bonds is 4. The standard InChI is InChI=1S/C20H26O3S/c1-19(2,3)22-15-11-7-9-13-17(15)24(21)18-14-10-8-12-16(18)23-20(4,5)6/h7-14H,1-6H3. The van der Waals surface area contributed by atoms with Gasteiger partial charge in [-0.05, 0) is 65.8 Å². The molecule has 0 aliphatic carbocycles. The van der Waals surface area contributed by atoms with Gasteiger partial charge in [-0.2, -0.15) is 0 Å². The summed E-state index contributed by atoms with van der Waals surface area (Å²) in [5, 5.41) is 0. The van der Waals surface area contributed by atoms with Crippen molar-refractivity contribution in [2.24, 2.45) is 0 Å². The molecule has 0 saturated heterocycles. The van der Waals surface area contributed by atoms with Crippen molar-refractivity contribution in [3.63, 3.8) is 0 Å². The Labute approximate surface area is 147 Å². The molecule has 2 rings (SSSR count). The molecule has 0 spiro atoms. The second-order valence-electron chi connectivity index (χ2n) is 7.59. The average molecular weight is 346 g/mol. The van der Waals surface area contributed by atoms with Crippen molar-refractivity contribution in [2.75, 3.05) is 0 Å². The number of benzene rings is 2. The topological polar surface area (TPSA) is 35.5 Å².